The Morgan fingerprint density at radius 2 is 0.783 bits per heavy atom. The number of hydrogen-bond donors (Lipinski definition) is 0. The summed E-state index contributed by atoms with van der Waals surface area (Å²) in [5.74, 6) is 0. The molecule has 0 unspecified atom stereocenters. The van der Waals surface area contributed by atoms with Crippen molar-refractivity contribution in [1.82, 2.24) is 0 Å². The molecule has 0 amide bonds. The SMILES string of the molecule is c1ccc(-c2cccc(-c3ccccc3N(c3ccc(-c4cccc(-c5ccc6ccccc6c5)c4)cc3)c3ccc(-c4cccc5c4sc4ccccc45)cc3)c2)cc1. The largest absolute Gasteiger partial charge is 0.310 e. The number of fused-ring (bicyclic) bond motifs is 4. The molecule has 282 valence electrons. The van der Waals surface area contributed by atoms with E-state index in [9.17, 15) is 0 Å². The van der Waals surface area contributed by atoms with E-state index >= 15 is 0 Å². The second-order valence-corrected chi connectivity index (χ2v) is 16.4. The maximum atomic E-state index is 2.41. The lowest BCUT2D eigenvalue weighted by Gasteiger charge is -2.28. The third kappa shape index (κ3) is 6.63. The fraction of sp³-hybridized carbons (Fsp3) is 0. The van der Waals surface area contributed by atoms with E-state index in [1.165, 1.54) is 86.6 Å². The van der Waals surface area contributed by atoms with Crippen LogP contribution in [0.2, 0.25) is 0 Å². The van der Waals surface area contributed by atoms with Crippen molar-refractivity contribution in [2.45, 2.75) is 0 Å². The third-order valence-corrected chi connectivity index (χ3v) is 12.9. The fourth-order valence-electron chi connectivity index (χ4n) is 8.65. The number of nitrogens with zero attached hydrogens (tertiary/aromatic N) is 1. The number of benzene rings is 10. The molecule has 0 spiro atoms. The molecule has 0 radical (unpaired) electrons. The van der Waals surface area contributed by atoms with Crippen LogP contribution in [0.1, 0.15) is 0 Å². The van der Waals surface area contributed by atoms with Crippen molar-refractivity contribution >= 4 is 59.3 Å². The van der Waals surface area contributed by atoms with Gasteiger partial charge < -0.3 is 4.90 Å². The van der Waals surface area contributed by atoms with Crippen molar-refractivity contribution in [3.8, 4) is 55.6 Å². The van der Waals surface area contributed by atoms with Gasteiger partial charge in [0.15, 0.2) is 0 Å². The second kappa shape index (κ2) is 15.3. The first kappa shape index (κ1) is 35.6. The molecule has 0 atom stereocenters. The lowest BCUT2D eigenvalue weighted by Crippen LogP contribution is -2.11. The van der Waals surface area contributed by atoms with E-state index in [-0.39, 0.29) is 0 Å². The second-order valence-electron chi connectivity index (χ2n) is 15.3. The molecule has 0 saturated carbocycles. The molecule has 0 aliphatic rings. The zero-order chi connectivity index (χ0) is 39.8. The van der Waals surface area contributed by atoms with Gasteiger partial charge in [0.05, 0.1) is 5.69 Å². The Bertz CT molecular complexity index is 3310. The minimum atomic E-state index is 1.09. The van der Waals surface area contributed by atoms with E-state index in [4.69, 9.17) is 0 Å². The number of rotatable bonds is 8. The first-order valence-corrected chi connectivity index (χ1v) is 21.3. The molecule has 1 heterocycles. The van der Waals surface area contributed by atoms with Crippen molar-refractivity contribution < 1.29 is 0 Å². The van der Waals surface area contributed by atoms with Crippen LogP contribution in [0.4, 0.5) is 17.1 Å². The summed E-state index contributed by atoms with van der Waals surface area (Å²) in [5.41, 5.74) is 15.3. The molecule has 11 rings (SSSR count). The van der Waals surface area contributed by atoms with Gasteiger partial charge in [0.2, 0.25) is 0 Å². The van der Waals surface area contributed by atoms with Gasteiger partial charge >= 0.3 is 0 Å². The molecule has 1 nitrogen and oxygen atoms in total. The van der Waals surface area contributed by atoms with Gasteiger partial charge in [0.1, 0.15) is 0 Å². The van der Waals surface area contributed by atoms with Gasteiger partial charge in [-0.15, -0.1) is 11.3 Å². The summed E-state index contributed by atoms with van der Waals surface area (Å²) >= 11 is 1.88. The minimum Gasteiger partial charge on any atom is -0.310 e. The summed E-state index contributed by atoms with van der Waals surface area (Å²) in [7, 11) is 0. The predicted molar refractivity (Wildman–Crippen MR) is 259 cm³/mol. The van der Waals surface area contributed by atoms with Gasteiger partial charge in [-0.25, -0.2) is 0 Å². The topological polar surface area (TPSA) is 3.24 Å². The molecule has 10 aromatic carbocycles. The van der Waals surface area contributed by atoms with E-state index in [0.29, 0.717) is 0 Å². The predicted octanol–water partition coefficient (Wildman–Crippen LogP) is 17.0. The molecular formula is C58H39NS. The van der Waals surface area contributed by atoms with Crippen LogP contribution in [0.3, 0.4) is 0 Å². The smallest absolute Gasteiger partial charge is 0.0540 e. The monoisotopic (exact) mass is 781 g/mol. The Kier molecular flexibility index (Phi) is 9.11. The summed E-state index contributed by atoms with van der Waals surface area (Å²) in [4.78, 5) is 2.41. The van der Waals surface area contributed by atoms with E-state index in [2.05, 4.69) is 241 Å². The summed E-state index contributed by atoms with van der Waals surface area (Å²) in [6.07, 6.45) is 0. The van der Waals surface area contributed by atoms with Crippen LogP contribution >= 0.6 is 11.3 Å². The van der Waals surface area contributed by atoms with Gasteiger partial charge in [0.25, 0.3) is 0 Å². The Morgan fingerprint density at radius 1 is 0.283 bits per heavy atom. The molecule has 11 aromatic rings. The summed E-state index contributed by atoms with van der Waals surface area (Å²) in [5, 5.41) is 5.14. The van der Waals surface area contributed by atoms with Crippen molar-refractivity contribution in [2.24, 2.45) is 0 Å². The highest BCUT2D eigenvalue weighted by Crippen LogP contribution is 2.44. The number of hydrogen-bond acceptors (Lipinski definition) is 2. The van der Waals surface area contributed by atoms with E-state index < -0.39 is 0 Å². The molecule has 1 aromatic heterocycles. The van der Waals surface area contributed by atoms with Gasteiger partial charge in [-0.05, 0) is 115 Å². The summed E-state index contributed by atoms with van der Waals surface area (Å²) in [6, 6.07) is 86.1. The highest BCUT2D eigenvalue weighted by Gasteiger charge is 2.19. The Labute approximate surface area is 354 Å². The lowest BCUT2D eigenvalue weighted by molar-refractivity contribution is 1.28. The maximum absolute atomic E-state index is 2.41. The first-order chi connectivity index (χ1) is 29.7. The third-order valence-electron chi connectivity index (χ3n) is 11.7. The number of thiophene rings is 1. The van der Waals surface area contributed by atoms with Crippen molar-refractivity contribution in [2.75, 3.05) is 4.90 Å². The van der Waals surface area contributed by atoms with Crippen LogP contribution in [-0.4, -0.2) is 0 Å². The van der Waals surface area contributed by atoms with Gasteiger partial charge in [0, 0.05) is 37.1 Å². The van der Waals surface area contributed by atoms with Crippen molar-refractivity contribution in [3.05, 3.63) is 237 Å². The van der Waals surface area contributed by atoms with E-state index in [1.807, 2.05) is 11.3 Å². The van der Waals surface area contributed by atoms with Crippen LogP contribution in [-0.2, 0) is 0 Å². The molecule has 0 fully saturated rings. The quantitative estimate of drug-likeness (QED) is 0.148. The Hall–Kier alpha value is -7.52. The van der Waals surface area contributed by atoms with Crippen LogP contribution < -0.4 is 4.90 Å². The van der Waals surface area contributed by atoms with Gasteiger partial charge in [-0.3, -0.25) is 0 Å². The average Bonchev–Trinajstić information content (AvgIpc) is 3.72. The van der Waals surface area contributed by atoms with Gasteiger partial charge in [-0.1, -0.05) is 182 Å². The fourth-order valence-corrected chi connectivity index (χ4v) is 9.89. The van der Waals surface area contributed by atoms with Gasteiger partial charge in [-0.2, -0.15) is 0 Å². The van der Waals surface area contributed by atoms with Crippen LogP contribution in [0.25, 0.3) is 86.6 Å². The number of anilines is 3. The average molecular weight is 782 g/mol. The van der Waals surface area contributed by atoms with E-state index in [1.54, 1.807) is 0 Å². The molecule has 0 N–H and O–H groups in total. The normalized spacial score (nSPS) is 11.3. The standard InChI is InChI=1S/C58H39NS/c1-2-13-40(14-3-1)46-18-11-20-49(39-46)52-21-6-8-25-56(52)59(51-35-31-43(32-36-51)53-23-12-24-55-54-22-7-9-26-57(54)60-58(53)55)50-33-29-42(30-34-50)45-17-10-19-47(37-45)48-28-27-41-15-4-5-16-44(41)38-48/h1-39H. The lowest BCUT2D eigenvalue weighted by atomic mass is 9.96. The Balaban J connectivity index is 1.00. The molecule has 0 aliphatic heterocycles. The summed E-state index contributed by atoms with van der Waals surface area (Å²) in [6.45, 7) is 0. The zero-order valence-corrected chi connectivity index (χ0v) is 33.7. The molecule has 60 heavy (non-hydrogen) atoms. The molecule has 2 heteroatoms. The van der Waals surface area contributed by atoms with Crippen LogP contribution in [0.15, 0.2) is 237 Å². The molecular weight excluding hydrogens is 743 g/mol. The van der Waals surface area contributed by atoms with Crippen LogP contribution in [0.5, 0.6) is 0 Å². The Morgan fingerprint density at radius 3 is 1.57 bits per heavy atom. The highest BCUT2D eigenvalue weighted by molar-refractivity contribution is 7.26. The van der Waals surface area contributed by atoms with Crippen LogP contribution in [0, 0.1) is 0 Å². The summed E-state index contributed by atoms with van der Waals surface area (Å²) < 4.78 is 2.65. The first-order valence-electron chi connectivity index (χ1n) is 20.5. The van der Waals surface area contributed by atoms with Crippen molar-refractivity contribution in [3.63, 3.8) is 0 Å². The van der Waals surface area contributed by atoms with Crippen molar-refractivity contribution in [1.29, 1.82) is 0 Å². The molecule has 0 saturated heterocycles. The molecule has 0 aliphatic carbocycles. The van der Waals surface area contributed by atoms with E-state index in [0.717, 1.165) is 17.1 Å². The number of para-hydroxylation sites is 1. The minimum absolute atomic E-state index is 1.09. The highest BCUT2D eigenvalue weighted by atomic mass is 32.1. The zero-order valence-electron chi connectivity index (χ0n) is 32.9. The molecule has 0 bridgehead atoms. The maximum Gasteiger partial charge on any atom is 0.0540 e.